The average Bonchev–Trinajstić information content (AvgIpc) is 2.89. The van der Waals surface area contributed by atoms with Gasteiger partial charge < -0.3 is 11.1 Å². The minimum Gasteiger partial charge on any atom is -0.327 e. The zero-order valence-electron chi connectivity index (χ0n) is 11.1. The minimum atomic E-state index is 0. The van der Waals surface area contributed by atoms with E-state index in [9.17, 15) is 4.79 Å². The maximum atomic E-state index is 12.3. The standard InChI is InChI=1S/C15H20N2O.ClH/c1-9-3-2-4-12(7-9)17-15(18)13-10-5-6-11(8-10)14(13)16;/h2-4,7,10-11,13-14H,5-6,8,16H2,1H3,(H,17,18);1H. The zero-order valence-corrected chi connectivity index (χ0v) is 12.0. The summed E-state index contributed by atoms with van der Waals surface area (Å²) in [6.45, 7) is 2.03. The molecule has 3 nitrogen and oxygen atoms in total. The van der Waals surface area contributed by atoms with Crippen LogP contribution in [0.15, 0.2) is 24.3 Å². The summed E-state index contributed by atoms with van der Waals surface area (Å²) in [5.41, 5.74) is 8.23. The van der Waals surface area contributed by atoms with Crippen LogP contribution in [-0.4, -0.2) is 11.9 Å². The highest BCUT2D eigenvalue weighted by Gasteiger charge is 2.49. The fourth-order valence-electron chi connectivity index (χ4n) is 3.67. The van der Waals surface area contributed by atoms with Crippen molar-refractivity contribution in [2.45, 2.75) is 32.2 Å². The molecule has 104 valence electrons. The van der Waals surface area contributed by atoms with Crippen molar-refractivity contribution in [3.8, 4) is 0 Å². The smallest absolute Gasteiger partial charge is 0.229 e. The molecule has 3 N–H and O–H groups in total. The van der Waals surface area contributed by atoms with Crippen LogP contribution in [0.3, 0.4) is 0 Å². The van der Waals surface area contributed by atoms with Gasteiger partial charge in [-0.05, 0) is 55.7 Å². The first-order valence-corrected chi connectivity index (χ1v) is 6.78. The number of nitrogens with two attached hydrogens (primary N) is 1. The summed E-state index contributed by atoms with van der Waals surface area (Å²) in [4.78, 5) is 12.3. The molecule has 4 unspecified atom stereocenters. The van der Waals surface area contributed by atoms with Gasteiger partial charge in [0.2, 0.25) is 5.91 Å². The van der Waals surface area contributed by atoms with Crippen molar-refractivity contribution in [2.75, 3.05) is 5.32 Å². The molecule has 1 aromatic carbocycles. The maximum Gasteiger partial charge on any atom is 0.229 e. The molecule has 3 rings (SSSR count). The third-order valence-electron chi connectivity index (χ3n) is 4.57. The molecule has 1 aromatic rings. The van der Waals surface area contributed by atoms with Crippen LogP contribution >= 0.6 is 12.4 Å². The number of anilines is 1. The number of hydrogen-bond acceptors (Lipinski definition) is 2. The third-order valence-corrected chi connectivity index (χ3v) is 4.57. The monoisotopic (exact) mass is 280 g/mol. The number of aryl methyl sites for hydroxylation is 1. The van der Waals surface area contributed by atoms with Crippen molar-refractivity contribution in [1.82, 2.24) is 0 Å². The fraction of sp³-hybridized carbons (Fsp3) is 0.533. The predicted molar refractivity (Wildman–Crippen MR) is 79.4 cm³/mol. The Morgan fingerprint density at radius 1 is 1.32 bits per heavy atom. The summed E-state index contributed by atoms with van der Waals surface area (Å²) in [6.07, 6.45) is 3.53. The van der Waals surface area contributed by atoms with Gasteiger partial charge in [-0.2, -0.15) is 0 Å². The van der Waals surface area contributed by atoms with E-state index < -0.39 is 0 Å². The second kappa shape index (κ2) is 5.51. The minimum absolute atomic E-state index is 0. The fourth-order valence-corrected chi connectivity index (χ4v) is 3.67. The molecule has 0 aromatic heterocycles. The van der Waals surface area contributed by atoms with Gasteiger partial charge in [0.25, 0.3) is 0 Å². The molecule has 2 aliphatic carbocycles. The Bertz CT molecular complexity index is 475. The van der Waals surface area contributed by atoms with Gasteiger partial charge in [-0.3, -0.25) is 4.79 Å². The van der Waals surface area contributed by atoms with E-state index in [0.29, 0.717) is 11.8 Å². The molecule has 0 spiro atoms. The van der Waals surface area contributed by atoms with Gasteiger partial charge in [0.1, 0.15) is 0 Å². The second-order valence-corrected chi connectivity index (χ2v) is 5.80. The molecule has 4 atom stereocenters. The molecule has 19 heavy (non-hydrogen) atoms. The maximum absolute atomic E-state index is 12.3. The molecular formula is C15H21ClN2O. The second-order valence-electron chi connectivity index (χ2n) is 5.80. The Labute approximate surface area is 120 Å². The van der Waals surface area contributed by atoms with E-state index in [1.807, 2.05) is 31.2 Å². The number of nitrogens with one attached hydrogen (secondary N) is 1. The Kier molecular flexibility index (Phi) is 4.16. The van der Waals surface area contributed by atoms with Crippen LogP contribution in [0.1, 0.15) is 24.8 Å². The molecule has 2 bridgehead atoms. The Balaban J connectivity index is 0.00000133. The lowest BCUT2D eigenvalue weighted by Gasteiger charge is -2.27. The topological polar surface area (TPSA) is 55.1 Å². The van der Waals surface area contributed by atoms with Gasteiger partial charge in [-0.1, -0.05) is 12.1 Å². The van der Waals surface area contributed by atoms with Gasteiger partial charge >= 0.3 is 0 Å². The van der Waals surface area contributed by atoms with E-state index in [4.69, 9.17) is 5.73 Å². The number of carbonyl (C=O) groups is 1. The van der Waals surface area contributed by atoms with Crippen molar-refractivity contribution in [2.24, 2.45) is 23.5 Å². The van der Waals surface area contributed by atoms with E-state index in [0.717, 1.165) is 17.7 Å². The lowest BCUT2D eigenvalue weighted by atomic mass is 9.84. The van der Waals surface area contributed by atoms with Crippen molar-refractivity contribution in [3.05, 3.63) is 29.8 Å². The van der Waals surface area contributed by atoms with Crippen molar-refractivity contribution in [3.63, 3.8) is 0 Å². The number of fused-ring (bicyclic) bond motifs is 2. The number of carbonyl (C=O) groups excluding carboxylic acids is 1. The number of hydrogen-bond donors (Lipinski definition) is 2. The van der Waals surface area contributed by atoms with Crippen LogP contribution in [-0.2, 0) is 4.79 Å². The van der Waals surface area contributed by atoms with Crippen molar-refractivity contribution < 1.29 is 4.79 Å². The molecule has 0 aliphatic heterocycles. The van der Waals surface area contributed by atoms with Crippen LogP contribution < -0.4 is 11.1 Å². The first kappa shape index (κ1) is 14.4. The third kappa shape index (κ3) is 2.63. The lowest BCUT2D eigenvalue weighted by molar-refractivity contribution is -0.121. The Morgan fingerprint density at radius 3 is 2.68 bits per heavy atom. The van der Waals surface area contributed by atoms with Gasteiger partial charge in [0, 0.05) is 11.7 Å². The molecule has 0 saturated heterocycles. The van der Waals surface area contributed by atoms with Crippen LogP contribution in [0.4, 0.5) is 5.69 Å². The predicted octanol–water partition coefficient (Wildman–Crippen LogP) is 2.73. The first-order valence-electron chi connectivity index (χ1n) is 6.78. The highest BCUT2D eigenvalue weighted by atomic mass is 35.5. The van der Waals surface area contributed by atoms with Crippen LogP contribution in [0.5, 0.6) is 0 Å². The van der Waals surface area contributed by atoms with E-state index in [1.165, 1.54) is 12.8 Å². The number of rotatable bonds is 2. The van der Waals surface area contributed by atoms with Crippen LogP contribution in [0.25, 0.3) is 0 Å². The van der Waals surface area contributed by atoms with Crippen molar-refractivity contribution in [1.29, 1.82) is 0 Å². The summed E-state index contributed by atoms with van der Waals surface area (Å²) < 4.78 is 0. The SMILES string of the molecule is Cc1cccc(NC(=O)C2C3CCC(C3)C2N)c1.Cl. The van der Waals surface area contributed by atoms with Gasteiger partial charge in [0.15, 0.2) is 0 Å². The molecular weight excluding hydrogens is 260 g/mol. The number of benzene rings is 1. The normalized spacial score (nSPS) is 31.9. The van der Waals surface area contributed by atoms with Gasteiger partial charge in [0.05, 0.1) is 5.92 Å². The van der Waals surface area contributed by atoms with E-state index >= 15 is 0 Å². The highest BCUT2D eigenvalue weighted by Crippen LogP contribution is 2.47. The Morgan fingerprint density at radius 2 is 2.05 bits per heavy atom. The molecule has 2 fully saturated rings. The van der Waals surface area contributed by atoms with E-state index in [-0.39, 0.29) is 30.3 Å². The molecule has 2 aliphatic rings. The summed E-state index contributed by atoms with van der Waals surface area (Å²) in [7, 11) is 0. The molecule has 2 saturated carbocycles. The molecule has 0 heterocycles. The average molecular weight is 281 g/mol. The number of halogens is 1. The van der Waals surface area contributed by atoms with E-state index in [2.05, 4.69) is 5.32 Å². The Hall–Kier alpha value is -1.06. The van der Waals surface area contributed by atoms with E-state index in [1.54, 1.807) is 0 Å². The molecule has 4 heteroatoms. The first-order chi connectivity index (χ1) is 8.65. The summed E-state index contributed by atoms with van der Waals surface area (Å²) in [5.74, 6) is 1.21. The zero-order chi connectivity index (χ0) is 12.7. The highest BCUT2D eigenvalue weighted by molar-refractivity contribution is 5.93. The summed E-state index contributed by atoms with van der Waals surface area (Å²) in [6, 6.07) is 7.98. The summed E-state index contributed by atoms with van der Waals surface area (Å²) in [5, 5.41) is 3.02. The quantitative estimate of drug-likeness (QED) is 0.875. The van der Waals surface area contributed by atoms with Crippen LogP contribution in [0, 0.1) is 24.7 Å². The van der Waals surface area contributed by atoms with Crippen molar-refractivity contribution >= 4 is 24.0 Å². The molecule has 0 radical (unpaired) electrons. The largest absolute Gasteiger partial charge is 0.327 e. The lowest BCUT2D eigenvalue weighted by Crippen LogP contribution is -2.42. The van der Waals surface area contributed by atoms with Crippen LogP contribution in [0.2, 0.25) is 0 Å². The van der Waals surface area contributed by atoms with Gasteiger partial charge in [-0.25, -0.2) is 0 Å². The summed E-state index contributed by atoms with van der Waals surface area (Å²) >= 11 is 0. The molecule has 1 amide bonds. The number of amides is 1. The van der Waals surface area contributed by atoms with Gasteiger partial charge in [-0.15, -0.1) is 12.4 Å².